The van der Waals surface area contributed by atoms with Crippen molar-refractivity contribution in [2.24, 2.45) is 0 Å². The van der Waals surface area contributed by atoms with Gasteiger partial charge in [-0.15, -0.1) is 0 Å². The highest BCUT2D eigenvalue weighted by molar-refractivity contribution is 5.70. The number of nitro benzene ring substituents is 1. The number of nitrogens with zero attached hydrogens (tertiary/aromatic N) is 2. The molecule has 3 aromatic rings. The van der Waals surface area contributed by atoms with E-state index in [0.717, 1.165) is 22.4 Å². The van der Waals surface area contributed by atoms with Crippen LogP contribution in [0.1, 0.15) is 35.1 Å². The van der Waals surface area contributed by atoms with Crippen LogP contribution < -0.4 is 4.74 Å². The Morgan fingerprint density at radius 1 is 1.00 bits per heavy atom. The zero-order valence-electron chi connectivity index (χ0n) is 16.9. The molecule has 0 aliphatic carbocycles. The third kappa shape index (κ3) is 4.12. The molecule has 0 amide bonds. The predicted molar refractivity (Wildman–Crippen MR) is 116 cm³/mol. The van der Waals surface area contributed by atoms with E-state index < -0.39 is 4.92 Å². The molecule has 154 valence electrons. The Morgan fingerprint density at radius 3 is 2.23 bits per heavy atom. The van der Waals surface area contributed by atoms with Gasteiger partial charge in [-0.2, -0.15) is 5.26 Å². The molecule has 0 radical (unpaired) electrons. The highest BCUT2D eigenvalue weighted by Gasteiger charge is 2.33. The van der Waals surface area contributed by atoms with E-state index in [2.05, 4.69) is 6.07 Å². The minimum absolute atomic E-state index is 0.0216. The van der Waals surface area contributed by atoms with Crippen LogP contribution in [-0.4, -0.2) is 12.0 Å². The molecule has 0 spiro atoms. The quantitative estimate of drug-likeness (QED) is 0.391. The number of rotatable bonds is 5. The van der Waals surface area contributed by atoms with Crippen LogP contribution in [0.4, 0.5) is 5.69 Å². The molecule has 1 aliphatic heterocycles. The second-order valence-corrected chi connectivity index (χ2v) is 7.24. The molecule has 6 heteroatoms. The first-order valence-corrected chi connectivity index (χ1v) is 9.85. The summed E-state index contributed by atoms with van der Waals surface area (Å²) >= 11 is 0. The van der Waals surface area contributed by atoms with Crippen molar-refractivity contribution < 1.29 is 14.4 Å². The van der Waals surface area contributed by atoms with E-state index in [-0.39, 0.29) is 17.7 Å². The van der Waals surface area contributed by atoms with Crippen molar-refractivity contribution in [3.63, 3.8) is 0 Å². The fraction of sp³-hybridized carbons (Fsp3) is 0.160. The van der Waals surface area contributed by atoms with Gasteiger partial charge in [0.15, 0.2) is 0 Å². The van der Waals surface area contributed by atoms with Crippen LogP contribution in [0.2, 0.25) is 0 Å². The fourth-order valence-corrected chi connectivity index (χ4v) is 3.84. The minimum atomic E-state index is -0.426. The van der Waals surface area contributed by atoms with Gasteiger partial charge in [-0.1, -0.05) is 54.6 Å². The Labute approximate surface area is 180 Å². The van der Waals surface area contributed by atoms with Gasteiger partial charge in [0.2, 0.25) is 0 Å². The molecule has 31 heavy (non-hydrogen) atoms. The number of allylic oxidation sites excluding steroid dienone is 1. The summed E-state index contributed by atoms with van der Waals surface area (Å²) in [5.41, 5.74) is 3.18. The molecule has 0 bridgehead atoms. The summed E-state index contributed by atoms with van der Waals surface area (Å²) in [6.45, 7) is 0. The van der Waals surface area contributed by atoms with Crippen LogP contribution in [0, 0.1) is 21.4 Å². The van der Waals surface area contributed by atoms with E-state index in [9.17, 15) is 15.4 Å². The topological polar surface area (TPSA) is 85.4 Å². The van der Waals surface area contributed by atoms with Crippen molar-refractivity contribution in [3.05, 3.63) is 111 Å². The zero-order valence-corrected chi connectivity index (χ0v) is 16.9. The number of methoxy groups -OCH3 is 1. The van der Waals surface area contributed by atoms with Crippen molar-refractivity contribution in [2.45, 2.75) is 18.4 Å². The maximum atomic E-state index is 11.0. The molecule has 1 heterocycles. The average molecular weight is 412 g/mol. The summed E-state index contributed by atoms with van der Waals surface area (Å²) in [4.78, 5) is 10.6. The average Bonchev–Trinajstić information content (AvgIpc) is 2.84. The third-order valence-corrected chi connectivity index (χ3v) is 5.45. The van der Waals surface area contributed by atoms with Gasteiger partial charge < -0.3 is 9.47 Å². The summed E-state index contributed by atoms with van der Waals surface area (Å²) < 4.78 is 11.6. The van der Waals surface area contributed by atoms with E-state index in [1.807, 2.05) is 54.6 Å². The number of ether oxygens (including phenoxy) is 2. The maximum absolute atomic E-state index is 11.0. The van der Waals surface area contributed by atoms with Crippen molar-refractivity contribution in [1.82, 2.24) is 0 Å². The normalized spacial score (nSPS) is 18.1. The van der Waals surface area contributed by atoms with E-state index in [1.165, 1.54) is 12.1 Å². The lowest BCUT2D eigenvalue weighted by Gasteiger charge is -2.32. The third-order valence-electron chi connectivity index (χ3n) is 5.45. The van der Waals surface area contributed by atoms with Gasteiger partial charge in [0.25, 0.3) is 5.69 Å². The highest BCUT2D eigenvalue weighted by Crippen LogP contribution is 2.46. The molecule has 0 unspecified atom stereocenters. The fourth-order valence-electron chi connectivity index (χ4n) is 3.84. The van der Waals surface area contributed by atoms with Crippen molar-refractivity contribution in [3.8, 4) is 11.8 Å². The first-order chi connectivity index (χ1) is 15.1. The van der Waals surface area contributed by atoms with E-state index in [4.69, 9.17) is 9.47 Å². The number of hydrogen-bond acceptors (Lipinski definition) is 5. The second kappa shape index (κ2) is 8.72. The molecule has 1 aliphatic rings. The van der Waals surface area contributed by atoms with Gasteiger partial charge in [0.05, 0.1) is 23.7 Å². The Balaban J connectivity index is 1.80. The standard InChI is InChI=1S/C25H20N2O4/c1-30-21-13-9-18(10-14-21)24-15-22(17-7-11-20(12-8-17)27(28)29)23(16-26)25(31-24)19-5-3-2-4-6-19/h2-14,22,24H,15H2,1H3/t22-,24+/m0/s1. The molecular formula is C25H20N2O4. The van der Waals surface area contributed by atoms with Gasteiger partial charge >= 0.3 is 0 Å². The van der Waals surface area contributed by atoms with Crippen molar-refractivity contribution >= 4 is 11.4 Å². The van der Waals surface area contributed by atoms with Gasteiger partial charge in [-0.3, -0.25) is 10.1 Å². The Hall–Kier alpha value is -4.11. The minimum Gasteiger partial charge on any atom is -0.497 e. The van der Waals surface area contributed by atoms with Crippen LogP contribution in [0.3, 0.4) is 0 Å². The van der Waals surface area contributed by atoms with Gasteiger partial charge in [-0.25, -0.2) is 0 Å². The summed E-state index contributed by atoms with van der Waals surface area (Å²) in [5, 5.41) is 21.1. The lowest BCUT2D eigenvalue weighted by Crippen LogP contribution is -2.19. The first-order valence-electron chi connectivity index (χ1n) is 9.85. The molecular weight excluding hydrogens is 392 g/mol. The van der Waals surface area contributed by atoms with Crippen LogP contribution in [0.25, 0.3) is 5.76 Å². The van der Waals surface area contributed by atoms with Crippen molar-refractivity contribution in [2.75, 3.05) is 7.11 Å². The predicted octanol–water partition coefficient (Wildman–Crippen LogP) is 5.78. The monoisotopic (exact) mass is 412 g/mol. The van der Waals surface area contributed by atoms with E-state index in [1.54, 1.807) is 19.2 Å². The summed E-state index contributed by atoms with van der Waals surface area (Å²) in [7, 11) is 1.62. The largest absolute Gasteiger partial charge is 0.497 e. The molecule has 0 N–H and O–H groups in total. The Bertz CT molecular complexity index is 1150. The zero-order chi connectivity index (χ0) is 21.8. The van der Waals surface area contributed by atoms with E-state index in [0.29, 0.717) is 17.8 Å². The van der Waals surface area contributed by atoms with Gasteiger partial charge in [0.1, 0.15) is 17.6 Å². The lowest BCUT2D eigenvalue weighted by molar-refractivity contribution is -0.384. The van der Waals surface area contributed by atoms with Gasteiger partial charge in [0, 0.05) is 30.0 Å². The molecule has 0 fully saturated rings. The van der Waals surface area contributed by atoms with Crippen LogP contribution in [-0.2, 0) is 4.74 Å². The molecule has 0 saturated heterocycles. The maximum Gasteiger partial charge on any atom is 0.269 e. The smallest absolute Gasteiger partial charge is 0.269 e. The summed E-state index contributed by atoms with van der Waals surface area (Å²) in [6.07, 6.45) is 0.266. The molecule has 2 atom stereocenters. The first kappa shape index (κ1) is 20.2. The molecule has 0 aromatic heterocycles. The molecule has 3 aromatic carbocycles. The number of hydrogen-bond donors (Lipinski definition) is 0. The number of benzene rings is 3. The van der Waals surface area contributed by atoms with Gasteiger partial charge in [-0.05, 0) is 23.3 Å². The van der Waals surface area contributed by atoms with Crippen LogP contribution in [0.5, 0.6) is 5.75 Å². The number of non-ortho nitro benzene ring substituents is 1. The highest BCUT2D eigenvalue weighted by atomic mass is 16.6. The number of nitriles is 1. The SMILES string of the molecule is COc1ccc([C@H]2C[C@@H](c3ccc([N+](=O)[O-])cc3)C(C#N)=C(c3ccccc3)O2)cc1. The Kier molecular flexibility index (Phi) is 5.67. The van der Waals surface area contributed by atoms with E-state index >= 15 is 0 Å². The second-order valence-electron chi connectivity index (χ2n) is 7.24. The lowest BCUT2D eigenvalue weighted by atomic mass is 9.81. The Morgan fingerprint density at radius 2 is 1.65 bits per heavy atom. The molecule has 0 saturated carbocycles. The summed E-state index contributed by atoms with van der Waals surface area (Å²) in [6, 6.07) is 25.9. The number of nitro groups is 1. The van der Waals surface area contributed by atoms with Crippen LogP contribution >= 0.6 is 0 Å². The molecule has 6 nitrogen and oxygen atoms in total. The molecule has 4 rings (SSSR count). The van der Waals surface area contributed by atoms with Crippen LogP contribution in [0.15, 0.2) is 84.4 Å². The van der Waals surface area contributed by atoms with Crippen molar-refractivity contribution in [1.29, 1.82) is 5.26 Å². The summed E-state index contributed by atoms with van der Waals surface area (Å²) in [5.74, 6) is 1.04.